The molecule has 1 atom stereocenters. The second-order valence-electron chi connectivity index (χ2n) is 8.91. The lowest BCUT2D eigenvalue weighted by atomic mass is 10.1. The molecule has 1 unspecified atom stereocenters. The molecule has 0 saturated carbocycles. The summed E-state index contributed by atoms with van der Waals surface area (Å²) in [5, 5.41) is 4.04. The number of unbranched alkanes of at least 4 members (excludes halogenated alkanes) is 5. The minimum Gasteiger partial charge on any atom is -0.493 e. The van der Waals surface area contributed by atoms with Gasteiger partial charge in [0.1, 0.15) is 5.52 Å². The number of benzene rings is 1. The van der Waals surface area contributed by atoms with Gasteiger partial charge in [-0.05, 0) is 38.8 Å². The molecule has 3 rings (SSSR count). The number of methoxy groups -OCH3 is 1. The first-order valence-corrected chi connectivity index (χ1v) is 12.7. The van der Waals surface area contributed by atoms with Crippen molar-refractivity contribution in [3.63, 3.8) is 0 Å². The number of hydrogen-bond donors (Lipinski definition) is 2. The number of rotatable bonds is 14. The molecule has 1 aromatic heterocycles. The molecule has 9 nitrogen and oxygen atoms in total. The third-order valence-corrected chi connectivity index (χ3v) is 5.92. The van der Waals surface area contributed by atoms with E-state index in [1.54, 1.807) is 13.2 Å². The van der Waals surface area contributed by atoms with Gasteiger partial charge in [-0.15, -0.1) is 0 Å². The van der Waals surface area contributed by atoms with Crippen LogP contribution in [-0.2, 0) is 9.59 Å². The zero-order valence-corrected chi connectivity index (χ0v) is 21.4. The van der Waals surface area contributed by atoms with Gasteiger partial charge >= 0.3 is 11.9 Å². The van der Waals surface area contributed by atoms with Gasteiger partial charge in [0.2, 0.25) is 0 Å². The van der Waals surface area contributed by atoms with Crippen molar-refractivity contribution in [2.45, 2.75) is 71.3 Å². The van der Waals surface area contributed by atoms with Crippen molar-refractivity contribution in [3.05, 3.63) is 24.3 Å². The number of anilines is 1. The fourth-order valence-corrected chi connectivity index (χ4v) is 4.04. The predicted octanol–water partition coefficient (Wildman–Crippen LogP) is 4.90. The Kier molecular flexibility index (Phi) is 10.4. The summed E-state index contributed by atoms with van der Waals surface area (Å²) in [5.41, 5.74) is 6.87. The Morgan fingerprint density at radius 1 is 1.03 bits per heavy atom. The first kappa shape index (κ1) is 27.3. The van der Waals surface area contributed by atoms with E-state index in [0.717, 1.165) is 37.8 Å². The number of pyridine rings is 1. The van der Waals surface area contributed by atoms with Crippen LogP contribution in [0.2, 0.25) is 0 Å². The molecule has 1 aliphatic heterocycles. The molecule has 196 valence electrons. The van der Waals surface area contributed by atoms with E-state index in [-0.39, 0.29) is 17.7 Å². The van der Waals surface area contributed by atoms with E-state index < -0.39 is 11.9 Å². The van der Waals surface area contributed by atoms with Gasteiger partial charge in [-0.1, -0.05) is 39.0 Å². The van der Waals surface area contributed by atoms with Crippen LogP contribution in [0.4, 0.5) is 5.69 Å². The van der Waals surface area contributed by atoms with E-state index >= 15 is 0 Å². The molecule has 2 aromatic rings. The van der Waals surface area contributed by atoms with Crippen molar-refractivity contribution < 1.29 is 28.5 Å². The quantitative estimate of drug-likeness (QED) is 0.276. The van der Waals surface area contributed by atoms with Gasteiger partial charge in [0.15, 0.2) is 17.2 Å². The Labute approximate surface area is 212 Å². The van der Waals surface area contributed by atoms with Crippen molar-refractivity contribution in [1.82, 2.24) is 4.98 Å². The van der Waals surface area contributed by atoms with Gasteiger partial charge in [-0.2, -0.15) is 0 Å². The lowest BCUT2D eigenvalue weighted by Gasteiger charge is -2.21. The molecule has 0 amide bonds. The van der Waals surface area contributed by atoms with Crippen molar-refractivity contribution in [2.24, 2.45) is 5.73 Å². The molecule has 0 bridgehead atoms. The zero-order valence-electron chi connectivity index (χ0n) is 21.4. The Bertz CT molecular complexity index is 1090. The number of aromatic nitrogens is 1. The maximum Gasteiger partial charge on any atom is 0.337 e. The van der Waals surface area contributed by atoms with Crippen molar-refractivity contribution >= 4 is 28.5 Å². The summed E-state index contributed by atoms with van der Waals surface area (Å²) in [6, 6.07) is 3.54. The first-order chi connectivity index (χ1) is 17.5. The Balaban J connectivity index is 1.99. The number of carbonyl (C=O) groups excluding carboxylic acids is 2. The van der Waals surface area contributed by atoms with Gasteiger partial charge in [0.25, 0.3) is 5.88 Å². The van der Waals surface area contributed by atoms with Crippen molar-refractivity contribution in [1.29, 1.82) is 0 Å². The monoisotopic (exact) mass is 499 g/mol. The van der Waals surface area contributed by atoms with Gasteiger partial charge in [-0.3, -0.25) is 0 Å². The van der Waals surface area contributed by atoms with Crippen LogP contribution in [0.1, 0.15) is 65.2 Å². The highest BCUT2D eigenvalue weighted by Gasteiger charge is 2.24. The summed E-state index contributed by atoms with van der Waals surface area (Å²) in [7, 11) is 1.58. The number of nitrogens with one attached hydrogen (secondary N) is 1. The molecule has 0 saturated heterocycles. The largest absolute Gasteiger partial charge is 0.493 e. The van der Waals surface area contributed by atoms with Crippen LogP contribution in [0, 0.1) is 0 Å². The van der Waals surface area contributed by atoms with Crippen LogP contribution in [0.25, 0.3) is 10.9 Å². The summed E-state index contributed by atoms with van der Waals surface area (Å²) in [6.07, 6.45) is 10.6. The molecule has 2 heterocycles. The first-order valence-electron chi connectivity index (χ1n) is 12.7. The molecular weight excluding hydrogens is 462 g/mol. The number of nitrogens with two attached hydrogens (primary N) is 1. The Morgan fingerprint density at radius 3 is 2.47 bits per heavy atom. The van der Waals surface area contributed by atoms with E-state index in [1.807, 2.05) is 6.07 Å². The third kappa shape index (κ3) is 7.34. The highest BCUT2D eigenvalue weighted by atomic mass is 16.6. The number of hydrogen-bond acceptors (Lipinski definition) is 9. The second-order valence-corrected chi connectivity index (χ2v) is 8.91. The SMILES string of the molecule is CCCCCCCCOc1c(OC)cc(NC(C)CCCN)c2nc3c(cc12)OC(=O)/C=C/C(=O)O3. The summed E-state index contributed by atoms with van der Waals surface area (Å²) in [6.45, 7) is 5.36. The predicted molar refractivity (Wildman–Crippen MR) is 139 cm³/mol. The van der Waals surface area contributed by atoms with Crippen LogP contribution in [0.3, 0.4) is 0 Å². The molecule has 0 aliphatic carbocycles. The summed E-state index contributed by atoms with van der Waals surface area (Å²) >= 11 is 0. The summed E-state index contributed by atoms with van der Waals surface area (Å²) in [5.74, 6) is -0.437. The van der Waals surface area contributed by atoms with E-state index in [2.05, 4.69) is 24.1 Å². The highest BCUT2D eigenvalue weighted by Crippen LogP contribution is 2.44. The maximum atomic E-state index is 12.1. The molecule has 36 heavy (non-hydrogen) atoms. The smallest absolute Gasteiger partial charge is 0.337 e. The zero-order chi connectivity index (χ0) is 25.9. The van der Waals surface area contributed by atoms with Gasteiger partial charge < -0.3 is 30.0 Å². The fraction of sp³-hybridized carbons (Fsp3) is 0.519. The highest BCUT2D eigenvalue weighted by molar-refractivity contribution is 6.01. The van der Waals surface area contributed by atoms with E-state index in [0.29, 0.717) is 41.2 Å². The topological polar surface area (TPSA) is 122 Å². The van der Waals surface area contributed by atoms with Crippen molar-refractivity contribution in [2.75, 3.05) is 25.6 Å². The van der Waals surface area contributed by atoms with Gasteiger partial charge in [0, 0.05) is 24.3 Å². The Morgan fingerprint density at radius 2 is 1.75 bits per heavy atom. The lowest BCUT2D eigenvalue weighted by molar-refractivity contribution is -0.133. The molecule has 9 heteroatoms. The molecule has 0 spiro atoms. The average Bonchev–Trinajstić information content (AvgIpc) is 2.86. The number of esters is 2. The van der Waals surface area contributed by atoms with Gasteiger partial charge in [0.05, 0.1) is 24.8 Å². The third-order valence-electron chi connectivity index (χ3n) is 5.92. The lowest BCUT2D eigenvalue weighted by Crippen LogP contribution is -2.18. The molecule has 1 aromatic carbocycles. The minimum absolute atomic E-state index is 0.0324. The van der Waals surface area contributed by atoms with Crippen LogP contribution in [0.5, 0.6) is 23.1 Å². The molecule has 3 N–H and O–H groups in total. The Hall–Kier alpha value is -3.33. The summed E-state index contributed by atoms with van der Waals surface area (Å²) in [4.78, 5) is 28.7. The van der Waals surface area contributed by atoms with Crippen molar-refractivity contribution in [3.8, 4) is 23.1 Å². The molecular formula is C27H37N3O6. The number of ether oxygens (including phenoxy) is 4. The minimum atomic E-state index is -0.710. The molecule has 1 aliphatic rings. The van der Waals surface area contributed by atoms with E-state index in [9.17, 15) is 9.59 Å². The van der Waals surface area contributed by atoms with Gasteiger partial charge in [-0.25, -0.2) is 14.6 Å². The molecule has 0 fully saturated rings. The second kappa shape index (κ2) is 13.7. The summed E-state index contributed by atoms with van der Waals surface area (Å²) < 4.78 is 22.6. The standard InChI is InChI=1S/C27H37N3O6/c1-4-5-6-7-8-9-15-34-26-19-16-22-27(36-24(32)13-12-23(31)35-22)30-25(19)20(17-21(26)33-3)29-18(2)11-10-14-28/h12-13,16-18,29H,4-11,14-15,28H2,1-3H3/b13-12+. The average molecular weight is 500 g/mol. The van der Waals surface area contributed by atoms with Crippen LogP contribution in [-0.4, -0.2) is 43.2 Å². The molecule has 0 radical (unpaired) electrons. The van der Waals surface area contributed by atoms with Crippen LogP contribution in [0.15, 0.2) is 24.3 Å². The normalized spacial score (nSPS) is 14.8. The van der Waals surface area contributed by atoms with Crippen LogP contribution >= 0.6 is 0 Å². The fourth-order valence-electron chi connectivity index (χ4n) is 4.04. The van der Waals surface area contributed by atoms with Crippen LogP contribution < -0.4 is 30.0 Å². The maximum absolute atomic E-state index is 12.1. The van der Waals surface area contributed by atoms with E-state index in [1.165, 1.54) is 25.7 Å². The number of nitrogens with zero attached hydrogens (tertiary/aromatic N) is 1. The van der Waals surface area contributed by atoms with E-state index in [4.69, 9.17) is 24.7 Å². The number of carbonyl (C=O) groups is 2. The number of fused-ring (bicyclic) bond motifs is 2.